The van der Waals surface area contributed by atoms with Crippen LogP contribution in [0.4, 0.5) is 17.1 Å². The van der Waals surface area contributed by atoms with Crippen LogP contribution in [0.2, 0.25) is 0 Å². The van der Waals surface area contributed by atoms with E-state index in [4.69, 9.17) is 8.83 Å². The molecule has 0 aliphatic rings. The Hall–Kier alpha value is -8.40. The van der Waals surface area contributed by atoms with Crippen molar-refractivity contribution in [2.75, 3.05) is 4.90 Å². The molecule has 3 heteroatoms. The number of para-hydroxylation sites is 3. The zero-order chi connectivity index (χ0) is 41.7. The highest BCUT2D eigenvalue weighted by molar-refractivity contribution is 6.15. The Bertz CT molecular complexity index is 3590. The standard InChI is InChI=1S/C60H39NO2/c1-4-16-40(17-5-1)45-38-54(42-20-8-3-9-21-42)59-55(39-45)53-27-15-28-56(60(53)63-59)61(46-34-30-43(31-35-46)49-23-11-10-22-48(49)41-18-6-2-7-19-41)47-36-32-44(33-37-47)50-25-14-26-52-51-24-12-13-29-57(51)62-58(50)52/h1-39H. The van der Waals surface area contributed by atoms with Gasteiger partial charge in [-0.3, -0.25) is 0 Å². The van der Waals surface area contributed by atoms with E-state index >= 15 is 0 Å². The van der Waals surface area contributed by atoms with Gasteiger partial charge in [0.05, 0.1) is 5.69 Å². The van der Waals surface area contributed by atoms with Gasteiger partial charge in [-0.15, -0.1) is 0 Å². The summed E-state index contributed by atoms with van der Waals surface area (Å²) in [6, 6.07) is 83.9. The zero-order valence-electron chi connectivity index (χ0n) is 34.3. The van der Waals surface area contributed by atoms with E-state index in [1.54, 1.807) is 0 Å². The molecule has 0 bridgehead atoms. The minimum Gasteiger partial charge on any atom is -0.455 e. The molecular weight excluding hydrogens is 767 g/mol. The van der Waals surface area contributed by atoms with Crippen LogP contribution in [0, 0.1) is 0 Å². The summed E-state index contributed by atoms with van der Waals surface area (Å²) in [6.45, 7) is 0. The molecule has 10 aromatic carbocycles. The van der Waals surface area contributed by atoms with Crippen LogP contribution in [0.3, 0.4) is 0 Å². The molecule has 2 aromatic heterocycles. The van der Waals surface area contributed by atoms with Crippen molar-refractivity contribution in [1.82, 2.24) is 0 Å². The van der Waals surface area contributed by atoms with E-state index in [1.807, 2.05) is 12.1 Å². The predicted molar refractivity (Wildman–Crippen MR) is 263 cm³/mol. The Balaban J connectivity index is 1.04. The van der Waals surface area contributed by atoms with E-state index in [2.05, 4.69) is 229 Å². The third kappa shape index (κ3) is 6.38. The van der Waals surface area contributed by atoms with E-state index in [1.165, 1.54) is 16.7 Å². The van der Waals surface area contributed by atoms with Crippen LogP contribution in [-0.4, -0.2) is 0 Å². The lowest BCUT2D eigenvalue weighted by Gasteiger charge is -2.26. The molecule has 0 unspecified atom stereocenters. The van der Waals surface area contributed by atoms with Gasteiger partial charge in [0, 0.05) is 44.0 Å². The van der Waals surface area contributed by atoms with Gasteiger partial charge in [-0.1, -0.05) is 188 Å². The van der Waals surface area contributed by atoms with E-state index in [9.17, 15) is 0 Å². The molecule has 0 atom stereocenters. The number of fused-ring (bicyclic) bond motifs is 6. The first-order valence-electron chi connectivity index (χ1n) is 21.4. The molecule has 3 nitrogen and oxygen atoms in total. The molecule has 0 amide bonds. The molecule has 0 aliphatic carbocycles. The molecule has 2 heterocycles. The second-order valence-corrected chi connectivity index (χ2v) is 16.0. The molecule has 0 aliphatic heterocycles. The molecule has 0 saturated heterocycles. The molecular formula is C60H39NO2. The summed E-state index contributed by atoms with van der Waals surface area (Å²) < 4.78 is 13.6. The van der Waals surface area contributed by atoms with Gasteiger partial charge < -0.3 is 13.7 Å². The zero-order valence-corrected chi connectivity index (χ0v) is 34.3. The first kappa shape index (κ1) is 36.5. The van der Waals surface area contributed by atoms with Crippen LogP contribution in [-0.2, 0) is 0 Å². The first-order chi connectivity index (χ1) is 31.2. The topological polar surface area (TPSA) is 29.5 Å². The van der Waals surface area contributed by atoms with Crippen molar-refractivity contribution < 1.29 is 8.83 Å². The van der Waals surface area contributed by atoms with Gasteiger partial charge in [0.25, 0.3) is 0 Å². The fourth-order valence-electron chi connectivity index (χ4n) is 9.28. The maximum Gasteiger partial charge on any atom is 0.159 e. The summed E-state index contributed by atoms with van der Waals surface area (Å²) >= 11 is 0. The number of anilines is 3. The highest BCUT2D eigenvalue weighted by Crippen LogP contribution is 2.46. The van der Waals surface area contributed by atoms with E-state index < -0.39 is 0 Å². The molecule has 12 rings (SSSR count). The van der Waals surface area contributed by atoms with Crippen molar-refractivity contribution in [3.05, 3.63) is 237 Å². The summed E-state index contributed by atoms with van der Waals surface area (Å²) in [7, 11) is 0. The molecule has 0 radical (unpaired) electrons. The smallest absolute Gasteiger partial charge is 0.159 e. The van der Waals surface area contributed by atoms with Crippen molar-refractivity contribution in [2.24, 2.45) is 0 Å². The molecule has 0 fully saturated rings. The normalized spacial score (nSPS) is 11.5. The number of hydrogen-bond acceptors (Lipinski definition) is 3. The summed E-state index contributed by atoms with van der Waals surface area (Å²) in [6.07, 6.45) is 0. The average molecular weight is 806 g/mol. The quantitative estimate of drug-likeness (QED) is 0.153. The Morgan fingerprint density at radius 2 is 0.714 bits per heavy atom. The van der Waals surface area contributed by atoms with Gasteiger partial charge in [-0.2, -0.15) is 0 Å². The summed E-state index contributed by atoms with van der Waals surface area (Å²) in [5.74, 6) is 0. The number of benzene rings is 10. The monoisotopic (exact) mass is 805 g/mol. The third-order valence-corrected chi connectivity index (χ3v) is 12.3. The lowest BCUT2D eigenvalue weighted by atomic mass is 9.94. The van der Waals surface area contributed by atoms with Crippen LogP contribution >= 0.6 is 0 Å². The van der Waals surface area contributed by atoms with E-state index in [-0.39, 0.29) is 0 Å². The maximum atomic E-state index is 7.16. The van der Waals surface area contributed by atoms with E-state index in [0.717, 1.165) is 99.9 Å². The van der Waals surface area contributed by atoms with E-state index in [0.29, 0.717) is 0 Å². The highest BCUT2D eigenvalue weighted by atomic mass is 16.3. The number of furan rings is 2. The van der Waals surface area contributed by atoms with Crippen molar-refractivity contribution in [2.45, 2.75) is 0 Å². The number of rotatable bonds is 8. The largest absolute Gasteiger partial charge is 0.455 e. The minimum atomic E-state index is 0.824. The van der Waals surface area contributed by atoms with Gasteiger partial charge in [0.15, 0.2) is 5.58 Å². The Morgan fingerprint density at radius 1 is 0.254 bits per heavy atom. The van der Waals surface area contributed by atoms with Gasteiger partial charge in [-0.05, 0) is 93.0 Å². The molecule has 0 N–H and O–H groups in total. The Morgan fingerprint density at radius 3 is 1.37 bits per heavy atom. The predicted octanol–water partition coefficient (Wildman–Crippen LogP) is 17.3. The number of hydrogen-bond donors (Lipinski definition) is 0. The average Bonchev–Trinajstić information content (AvgIpc) is 3.94. The van der Waals surface area contributed by atoms with Crippen LogP contribution < -0.4 is 4.90 Å². The van der Waals surface area contributed by atoms with Gasteiger partial charge in [0.1, 0.15) is 16.7 Å². The van der Waals surface area contributed by atoms with Crippen molar-refractivity contribution in [3.8, 4) is 55.6 Å². The van der Waals surface area contributed by atoms with Gasteiger partial charge in [-0.25, -0.2) is 0 Å². The minimum absolute atomic E-state index is 0.824. The lowest BCUT2D eigenvalue weighted by molar-refractivity contribution is 0.670. The molecule has 12 aromatic rings. The fraction of sp³-hybridized carbons (Fsp3) is 0. The Kier molecular flexibility index (Phi) is 8.83. The Labute approximate surface area is 365 Å². The molecule has 0 spiro atoms. The second-order valence-electron chi connectivity index (χ2n) is 16.0. The number of nitrogens with zero attached hydrogens (tertiary/aromatic N) is 1. The summed E-state index contributed by atoms with van der Waals surface area (Å²) in [4.78, 5) is 2.32. The highest BCUT2D eigenvalue weighted by Gasteiger charge is 2.23. The van der Waals surface area contributed by atoms with Crippen molar-refractivity contribution >= 4 is 60.9 Å². The van der Waals surface area contributed by atoms with Crippen LogP contribution in [0.5, 0.6) is 0 Å². The molecule has 296 valence electrons. The van der Waals surface area contributed by atoms with Crippen molar-refractivity contribution in [3.63, 3.8) is 0 Å². The molecule has 0 saturated carbocycles. The lowest BCUT2D eigenvalue weighted by Crippen LogP contribution is -2.10. The SMILES string of the molecule is c1ccc(-c2cc(-c3ccccc3)c3oc4c(N(c5ccc(-c6ccccc6-c6ccccc6)cc5)c5ccc(-c6cccc7c6oc6ccccc67)cc5)cccc4c3c2)cc1. The van der Waals surface area contributed by atoms with Gasteiger partial charge in [0.2, 0.25) is 0 Å². The maximum absolute atomic E-state index is 7.16. The molecule has 63 heavy (non-hydrogen) atoms. The third-order valence-electron chi connectivity index (χ3n) is 12.3. The van der Waals surface area contributed by atoms with Crippen LogP contribution in [0.15, 0.2) is 245 Å². The fourth-order valence-corrected chi connectivity index (χ4v) is 9.28. The summed E-state index contributed by atoms with van der Waals surface area (Å²) in [5.41, 5.74) is 17.8. The second kappa shape index (κ2) is 15.3. The van der Waals surface area contributed by atoms with Gasteiger partial charge >= 0.3 is 0 Å². The first-order valence-corrected chi connectivity index (χ1v) is 21.4. The summed E-state index contributed by atoms with van der Waals surface area (Å²) in [5, 5.41) is 4.38. The van der Waals surface area contributed by atoms with Crippen LogP contribution in [0.1, 0.15) is 0 Å². The van der Waals surface area contributed by atoms with Crippen LogP contribution in [0.25, 0.3) is 99.5 Å². The van der Waals surface area contributed by atoms with Crippen molar-refractivity contribution in [1.29, 1.82) is 0 Å².